The van der Waals surface area contributed by atoms with Gasteiger partial charge in [-0.3, -0.25) is 4.79 Å². The molecule has 0 bridgehead atoms. The zero-order valence-corrected chi connectivity index (χ0v) is 17.0. The summed E-state index contributed by atoms with van der Waals surface area (Å²) in [6, 6.07) is 3.90. The van der Waals surface area contributed by atoms with Gasteiger partial charge in [-0.05, 0) is 51.8 Å². The minimum Gasteiger partial charge on any atom is -0.481 e. The Labute approximate surface area is 161 Å². The Balaban J connectivity index is 2.26. The summed E-state index contributed by atoms with van der Waals surface area (Å²) in [4.78, 5) is 17.5. The Morgan fingerprint density at radius 2 is 2.04 bits per heavy atom. The van der Waals surface area contributed by atoms with Gasteiger partial charge in [0.25, 0.3) is 0 Å². The third kappa shape index (κ3) is 3.12. The maximum Gasteiger partial charge on any atom is 0.310 e. The number of carbonyl (C=O) groups is 1. The molecule has 144 valence electrons. The summed E-state index contributed by atoms with van der Waals surface area (Å²) in [5, 5.41) is 28.6. The molecule has 0 spiro atoms. The molecule has 7 nitrogen and oxygen atoms in total. The normalized spacial score (nSPS) is 13.3. The molecular formula is C19H24N4O3S. The molecule has 0 aliphatic carbocycles. The molecule has 1 aromatic carbocycles. The number of thiazole rings is 1. The molecule has 2 heterocycles. The third-order valence-electron chi connectivity index (χ3n) is 5.17. The van der Waals surface area contributed by atoms with Gasteiger partial charge in [0.05, 0.1) is 29.2 Å². The van der Waals surface area contributed by atoms with Crippen molar-refractivity contribution in [3.05, 3.63) is 38.8 Å². The van der Waals surface area contributed by atoms with Crippen LogP contribution in [0, 0.1) is 19.3 Å². The van der Waals surface area contributed by atoms with Crippen LogP contribution in [0.5, 0.6) is 0 Å². The van der Waals surface area contributed by atoms with Gasteiger partial charge in [-0.15, -0.1) is 16.4 Å². The zero-order chi connectivity index (χ0) is 19.9. The van der Waals surface area contributed by atoms with E-state index in [-0.39, 0.29) is 6.61 Å². The van der Waals surface area contributed by atoms with Crippen molar-refractivity contribution in [1.82, 2.24) is 20.0 Å². The first-order chi connectivity index (χ1) is 12.7. The SMILES string of the molecule is CCn1nnc2c(C)c([C@H](c3nc(CO)c(C)s3)C(C)(C)C(=O)O)ccc21. The first kappa shape index (κ1) is 19.4. The quantitative estimate of drug-likeness (QED) is 0.672. The number of aliphatic hydroxyl groups excluding tert-OH is 1. The Morgan fingerprint density at radius 3 is 2.59 bits per heavy atom. The number of hydrogen-bond acceptors (Lipinski definition) is 6. The van der Waals surface area contributed by atoms with Crippen LogP contribution < -0.4 is 0 Å². The van der Waals surface area contributed by atoms with Crippen LogP contribution in [-0.2, 0) is 17.9 Å². The number of aliphatic carboxylic acids is 1. The van der Waals surface area contributed by atoms with Crippen molar-refractivity contribution in [1.29, 1.82) is 0 Å². The second kappa shape index (κ2) is 7.01. The average Bonchev–Trinajstić information content (AvgIpc) is 3.20. The molecule has 0 aliphatic rings. The van der Waals surface area contributed by atoms with Gasteiger partial charge < -0.3 is 10.2 Å². The first-order valence-corrected chi connectivity index (χ1v) is 9.67. The summed E-state index contributed by atoms with van der Waals surface area (Å²) in [5.41, 5.74) is 2.99. The average molecular weight is 388 g/mol. The molecule has 0 unspecified atom stereocenters. The number of aryl methyl sites for hydroxylation is 3. The standard InChI is InChI=1S/C19H24N4O3S/c1-6-23-14-8-7-12(10(2)16(14)21-22-23)15(19(4,5)18(25)26)17-20-13(9-24)11(3)27-17/h7-8,15,24H,6,9H2,1-5H3,(H,25,26)/t15-/m1/s1. The molecule has 0 aliphatic heterocycles. The fourth-order valence-electron chi connectivity index (χ4n) is 3.40. The summed E-state index contributed by atoms with van der Waals surface area (Å²) >= 11 is 1.43. The third-order valence-corrected chi connectivity index (χ3v) is 6.25. The largest absolute Gasteiger partial charge is 0.481 e. The van der Waals surface area contributed by atoms with Crippen LogP contribution in [0.25, 0.3) is 11.0 Å². The summed E-state index contributed by atoms with van der Waals surface area (Å²) in [6.07, 6.45) is 0. The van der Waals surface area contributed by atoms with E-state index in [1.165, 1.54) is 11.3 Å². The van der Waals surface area contributed by atoms with Gasteiger partial charge in [0.15, 0.2) is 0 Å². The van der Waals surface area contributed by atoms with Crippen LogP contribution in [0.4, 0.5) is 0 Å². The lowest BCUT2D eigenvalue weighted by atomic mass is 9.74. The van der Waals surface area contributed by atoms with E-state index in [1.54, 1.807) is 13.8 Å². The molecule has 2 N–H and O–H groups in total. The van der Waals surface area contributed by atoms with Gasteiger partial charge in [-0.1, -0.05) is 11.3 Å². The maximum absolute atomic E-state index is 12.1. The Bertz CT molecular complexity index is 1010. The van der Waals surface area contributed by atoms with Crippen LogP contribution in [0.2, 0.25) is 0 Å². The number of hydrogen-bond donors (Lipinski definition) is 2. The number of fused-ring (bicyclic) bond motifs is 1. The molecule has 3 aromatic rings. The number of aliphatic hydroxyl groups is 1. The van der Waals surface area contributed by atoms with Crippen LogP contribution in [0.3, 0.4) is 0 Å². The van der Waals surface area contributed by atoms with E-state index in [1.807, 2.05) is 37.6 Å². The first-order valence-electron chi connectivity index (χ1n) is 8.85. The Kier molecular flexibility index (Phi) is 5.05. The molecular weight excluding hydrogens is 364 g/mol. The van der Waals surface area contributed by atoms with Crippen molar-refractivity contribution >= 4 is 28.3 Å². The Hall–Kier alpha value is -2.32. The number of carboxylic acids is 1. The smallest absolute Gasteiger partial charge is 0.310 e. The van der Waals surface area contributed by atoms with Crippen molar-refractivity contribution < 1.29 is 15.0 Å². The molecule has 27 heavy (non-hydrogen) atoms. The fraction of sp³-hybridized carbons (Fsp3) is 0.474. The van der Waals surface area contributed by atoms with Crippen molar-refractivity contribution in [3.8, 4) is 0 Å². The second-order valence-electron chi connectivity index (χ2n) is 7.23. The van der Waals surface area contributed by atoms with Crippen LogP contribution in [0.1, 0.15) is 53.4 Å². The number of carboxylic acid groups (broad SMARTS) is 1. The molecule has 0 saturated heterocycles. The molecule has 0 fully saturated rings. The van der Waals surface area contributed by atoms with Gasteiger partial charge in [0, 0.05) is 11.4 Å². The van der Waals surface area contributed by atoms with Crippen LogP contribution in [-0.4, -0.2) is 36.2 Å². The fourth-order valence-corrected chi connectivity index (χ4v) is 4.64. The predicted octanol–water partition coefficient (Wildman–Crippen LogP) is 3.26. The highest BCUT2D eigenvalue weighted by atomic mass is 32.1. The van der Waals surface area contributed by atoms with Crippen LogP contribution >= 0.6 is 11.3 Å². The molecule has 1 atom stereocenters. The van der Waals surface area contributed by atoms with E-state index < -0.39 is 17.3 Å². The number of aromatic nitrogens is 4. The highest BCUT2D eigenvalue weighted by molar-refractivity contribution is 7.11. The summed E-state index contributed by atoms with van der Waals surface area (Å²) < 4.78 is 1.82. The van der Waals surface area contributed by atoms with Crippen molar-refractivity contribution in [2.45, 2.75) is 53.7 Å². The van der Waals surface area contributed by atoms with Gasteiger partial charge in [-0.2, -0.15) is 0 Å². The van der Waals surface area contributed by atoms with Gasteiger partial charge in [0.2, 0.25) is 0 Å². The van der Waals surface area contributed by atoms with E-state index in [9.17, 15) is 15.0 Å². The van der Waals surface area contributed by atoms with E-state index >= 15 is 0 Å². The Morgan fingerprint density at radius 1 is 1.33 bits per heavy atom. The molecule has 8 heteroatoms. The minimum atomic E-state index is -1.09. The molecule has 2 aromatic heterocycles. The lowest BCUT2D eigenvalue weighted by Crippen LogP contribution is -2.32. The van der Waals surface area contributed by atoms with Gasteiger partial charge in [0.1, 0.15) is 10.5 Å². The van der Waals surface area contributed by atoms with Gasteiger partial charge in [-0.25, -0.2) is 9.67 Å². The highest BCUT2D eigenvalue weighted by Crippen LogP contribution is 2.45. The van der Waals surface area contributed by atoms with Crippen molar-refractivity contribution in [3.63, 3.8) is 0 Å². The summed E-state index contributed by atoms with van der Waals surface area (Å²) in [5.74, 6) is -1.36. The molecule has 0 amide bonds. The van der Waals surface area contributed by atoms with Gasteiger partial charge >= 0.3 is 5.97 Å². The summed E-state index contributed by atoms with van der Waals surface area (Å²) in [6.45, 7) is 9.81. The van der Waals surface area contributed by atoms with E-state index in [2.05, 4.69) is 15.3 Å². The van der Waals surface area contributed by atoms with E-state index in [0.717, 1.165) is 27.0 Å². The monoisotopic (exact) mass is 388 g/mol. The lowest BCUT2D eigenvalue weighted by Gasteiger charge is -2.30. The predicted molar refractivity (Wildman–Crippen MR) is 104 cm³/mol. The second-order valence-corrected chi connectivity index (χ2v) is 8.46. The van der Waals surface area contributed by atoms with E-state index in [4.69, 9.17) is 0 Å². The number of rotatable bonds is 6. The maximum atomic E-state index is 12.1. The summed E-state index contributed by atoms with van der Waals surface area (Å²) in [7, 11) is 0. The lowest BCUT2D eigenvalue weighted by molar-refractivity contribution is -0.147. The minimum absolute atomic E-state index is 0.161. The van der Waals surface area contributed by atoms with Crippen molar-refractivity contribution in [2.24, 2.45) is 5.41 Å². The number of benzene rings is 1. The topological polar surface area (TPSA) is 101 Å². The van der Waals surface area contributed by atoms with Crippen LogP contribution in [0.15, 0.2) is 12.1 Å². The van der Waals surface area contributed by atoms with Crippen molar-refractivity contribution in [2.75, 3.05) is 0 Å². The molecule has 0 saturated carbocycles. The zero-order valence-electron chi connectivity index (χ0n) is 16.1. The number of nitrogens with zero attached hydrogens (tertiary/aromatic N) is 4. The highest BCUT2D eigenvalue weighted by Gasteiger charge is 2.42. The molecule has 3 rings (SSSR count). The van der Waals surface area contributed by atoms with E-state index in [0.29, 0.717) is 17.2 Å². The molecule has 0 radical (unpaired) electrons.